The highest BCUT2D eigenvalue weighted by Crippen LogP contribution is 2.36. The minimum atomic E-state index is -0.422. The van der Waals surface area contributed by atoms with Gasteiger partial charge in [-0.25, -0.2) is 4.39 Å². The summed E-state index contributed by atoms with van der Waals surface area (Å²) in [5, 5.41) is 3.37. The number of amides is 1. The van der Waals surface area contributed by atoms with Crippen molar-refractivity contribution in [3.05, 3.63) is 46.0 Å². The Labute approximate surface area is 165 Å². The lowest BCUT2D eigenvalue weighted by Gasteiger charge is -2.49. The largest absolute Gasteiger partial charge is 0.347 e. The fourth-order valence-corrected chi connectivity index (χ4v) is 6.21. The first-order valence-corrected chi connectivity index (χ1v) is 10.8. The molecule has 5 rings (SSSR count). The van der Waals surface area contributed by atoms with E-state index in [0.717, 1.165) is 22.2 Å². The van der Waals surface area contributed by atoms with Crippen LogP contribution in [-0.4, -0.2) is 36.0 Å². The maximum atomic E-state index is 13.3. The zero-order valence-electron chi connectivity index (χ0n) is 14.4. The Hall–Kier alpha value is -1.08. The first-order valence-electron chi connectivity index (χ1n) is 8.79. The van der Waals surface area contributed by atoms with Crippen LogP contribution in [-0.2, 0) is 0 Å². The summed E-state index contributed by atoms with van der Waals surface area (Å²) in [4.78, 5) is 16.7. The molecule has 0 radical (unpaired) electrons. The average molecular weight is 411 g/mol. The molecule has 2 aromatic rings. The molecule has 3 nitrogen and oxygen atoms in total. The number of fused-ring (bicyclic) bond motifs is 3. The minimum Gasteiger partial charge on any atom is -0.347 e. The van der Waals surface area contributed by atoms with Crippen molar-refractivity contribution in [1.29, 1.82) is 0 Å². The van der Waals surface area contributed by atoms with Crippen molar-refractivity contribution >= 4 is 40.6 Å². The lowest BCUT2D eigenvalue weighted by Crippen LogP contribution is -2.62. The number of benzene rings is 1. The lowest BCUT2D eigenvalue weighted by atomic mass is 9.79. The summed E-state index contributed by atoms with van der Waals surface area (Å²) in [7, 11) is 0. The fraction of sp³-hybridized carbons (Fsp3) is 0.421. The fourth-order valence-electron chi connectivity index (χ4n) is 3.92. The van der Waals surface area contributed by atoms with Crippen molar-refractivity contribution in [2.45, 2.75) is 41.0 Å². The van der Waals surface area contributed by atoms with Crippen molar-refractivity contribution in [3.8, 4) is 0 Å². The van der Waals surface area contributed by atoms with Gasteiger partial charge in [0.15, 0.2) is 0 Å². The molecule has 3 aliphatic heterocycles. The van der Waals surface area contributed by atoms with Crippen LogP contribution in [0.3, 0.4) is 0 Å². The third-order valence-electron chi connectivity index (χ3n) is 5.39. The Kier molecular flexibility index (Phi) is 5.28. The zero-order chi connectivity index (χ0) is 18.3. The van der Waals surface area contributed by atoms with Crippen LogP contribution >= 0.6 is 34.7 Å². The van der Waals surface area contributed by atoms with Crippen molar-refractivity contribution < 1.29 is 9.18 Å². The van der Waals surface area contributed by atoms with Crippen LogP contribution in [0.2, 0.25) is 5.02 Å². The summed E-state index contributed by atoms with van der Waals surface area (Å²) >= 11 is 8.78. The predicted molar refractivity (Wildman–Crippen MR) is 105 cm³/mol. The second-order valence-electron chi connectivity index (χ2n) is 6.91. The molecule has 3 aliphatic rings. The van der Waals surface area contributed by atoms with Gasteiger partial charge in [-0.05, 0) is 69.1 Å². The van der Waals surface area contributed by atoms with E-state index in [9.17, 15) is 9.18 Å². The quantitative estimate of drug-likeness (QED) is 0.777. The maximum Gasteiger partial charge on any atom is 0.261 e. The van der Waals surface area contributed by atoms with E-state index >= 15 is 0 Å². The summed E-state index contributed by atoms with van der Waals surface area (Å²) in [6.07, 6.45) is 2.35. The molecule has 2 bridgehead atoms. The summed E-state index contributed by atoms with van der Waals surface area (Å²) < 4.78 is 14.3. The number of hydrogen-bond acceptors (Lipinski definition) is 4. The molecule has 1 amide bonds. The van der Waals surface area contributed by atoms with Crippen molar-refractivity contribution in [2.75, 3.05) is 13.1 Å². The minimum absolute atomic E-state index is 0.00425. The summed E-state index contributed by atoms with van der Waals surface area (Å²) in [6.45, 7) is 4.51. The van der Waals surface area contributed by atoms with Crippen molar-refractivity contribution in [3.63, 3.8) is 0 Å². The van der Waals surface area contributed by atoms with Gasteiger partial charge in [0.2, 0.25) is 0 Å². The van der Waals surface area contributed by atoms with Crippen LogP contribution in [0.4, 0.5) is 4.39 Å². The molecule has 1 aromatic carbocycles. The number of carbonyl (C=O) groups is 1. The van der Waals surface area contributed by atoms with E-state index in [1.807, 2.05) is 12.1 Å². The number of carbonyl (C=O) groups excluding carboxylic acids is 1. The third-order valence-corrected chi connectivity index (χ3v) is 7.89. The molecule has 138 valence electrons. The van der Waals surface area contributed by atoms with Crippen LogP contribution in [0.15, 0.2) is 39.4 Å². The van der Waals surface area contributed by atoms with Crippen LogP contribution in [0, 0.1) is 11.7 Å². The molecule has 26 heavy (non-hydrogen) atoms. The van der Waals surface area contributed by atoms with Crippen LogP contribution < -0.4 is 5.32 Å². The van der Waals surface area contributed by atoms with Gasteiger partial charge in [-0.1, -0.05) is 23.4 Å². The Morgan fingerprint density at radius 2 is 2.08 bits per heavy atom. The Morgan fingerprint density at radius 1 is 1.31 bits per heavy atom. The topological polar surface area (TPSA) is 32.3 Å². The number of halogens is 2. The molecule has 3 fully saturated rings. The number of nitrogens with one attached hydrogen (secondary N) is 1. The second-order valence-corrected chi connectivity index (χ2v) is 9.77. The highest BCUT2D eigenvalue weighted by atomic mass is 35.5. The highest BCUT2D eigenvalue weighted by molar-refractivity contribution is 8.01. The first-order chi connectivity index (χ1) is 12.5. The molecule has 0 saturated carbocycles. The van der Waals surface area contributed by atoms with Crippen molar-refractivity contribution in [2.24, 2.45) is 5.92 Å². The van der Waals surface area contributed by atoms with Gasteiger partial charge < -0.3 is 5.32 Å². The summed E-state index contributed by atoms with van der Waals surface area (Å²) in [5.74, 6) is 0.174. The van der Waals surface area contributed by atoms with Gasteiger partial charge in [-0.15, -0.1) is 11.3 Å². The van der Waals surface area contributed by atoms with Crippen LogP contribution in [0.5, 0.6) is 0 Å². The molecule has 4 heterocycles. The first kappa shape index (κ1) is 18.3. The Bertz CT molecular complexity index is 818. The van der Waals surface area contributed by atoms with Gasteiger partial charge in [0, 0.05) is 17.0 Å². The van der Waals surface area contributed by atoms with Gasteiger partial charge in [-0.2, -0.15) is 0 Å². The van der Waals surface area contributed by atoms with E-state index in [4.69, 9.17) is 11.6 Å². The molecule has 1 N–H and O–H groups in total. The smallest absolute Gasteiger partial charge is 0.261 e. The van der Waals surface area contributed by atoms with Crippen molar-refractivity contribution in [1.82, 2.24) is 10.2 Å². The van der Waals surface area contributed by atoms with Gasteiger partial charge in [0.1, 0.15) is 5.82 Å². The lowest BCUT2D eigenvalue weighted by molar-refractivity contribution is 0.0218. The van der Waals surface area contributed by atoms with E-state index < -0.39 is 5.82 Å². The van der Waals surface area contributed by atoms with Gasteiger partial charge in [0.05, 0.1) is 14.1 Å². The second kappa shape index (κ2) is 7.50. The number of rotatable bonds is 4. The monoisotopic (exact) mass is 410 g/mol. The molecule has 0 spiro atoms. The standard InChI is InChI=1S/C19H20ClFN2OS2/c1-11-18(12-6-8-23(11)9-7-12)22-19(24)16-4-5-17(26-16)25-13-2-3-15(21)14(20)10-13/h2-5,10-12,18H,6-9H2,1H3,(H,22,24)/t11-,18-/m0/s1. The molecule has 3 saturated heterocycles. The zero-order valence-corrected chi connectivity index (χ0v) is 16.8. The molecule has 0 unspecified atom stereocenters. The maximum absolute atomic E-state index is 13.3. The number of thiophene rings is 1. The molecule has 2 atom stereocenters. The molecular weight excluding hydrogens is 391 g/mol. The molecule has 7 heteroatoms. The van der Waals surface area contributed by atoms with E-state index in [2.05, 4.69) is 17.1 Å². The van der Waals surface area contributed by atoms with Gasteiger partial charge in [0.25, 0.3) is 5.91 Å². The van der Waals surface area contributed by atoms with E-state index in [1.54, 1.807) is 12.1 Å². The Balaban J connectivity index is 1.42. The average Bonchev–Trinajstić information content (AvgIpc) is 3.10. The summed E-state index contributed by atoms with van der Waals surface area (Å²) in [6, 6.07) is 9.10. The molecule has 0 aliphatic carbocycles. The number of piperidine rings is 3. The van der Waals surface area contributed by atoms with E-state index in [1.165, 1.54) is 42.0 Å². The third kappa shape index (κ3) is 3.65. The number of nitrogens with zero attached hydrogens (tertiary/aromatic N) is 1. The van der Waals surface area contributed by atoms with Gasteiger partial charge in [-0.3, -0.25) is 9.69 Å². The SMILES string of the molecule is C[C@H]1[C@H](NC(=O)c2ccc(Sc3ccc(F)c(Cl)c3)s2)C2CCN1CC2. The summed E-state index contributed by atoms with van der Waals surface area (Å²) in [5.41, 5.74) is 0. The molecule has 1 aromatic heterocycles. The van der Waals surface area contributed by atoms with E-state index in [-0.39, 0.29) is 17.0 Å². The van der Waals surface area contributed by atoms with Crippen LogP contribution in [0.25, 0.3) is 0 Å². The van der Waals surface area contributed by atoms with Crippen LogP contribution in [0.1, 0.15) is 29.4 Å². The molecular formula is C19H20ClFN2OS2. The predicted octanol–water partition coefficient (Wildman–Crippen LogP) is 4.90. The highest BCUT2D eigenvalue weighted by Gasteiger charge is 2.40. The normalized spacial score (nSPS) is 27.5. The van der Waals surface area contributed by atoms with Gasteiger partial charge >= 0.3 is 0 Å². The Morgan fingerprint density at radius 3 is 2.77 bits per heavy atom. The van der Waals surface area contributed by atoms with E-state index in [0.29, 0.717) is 16.8 Å². The number of hydrogen-bond donors (Lipinski definition) is 1.